The van der Waals surface area contributed by atoms with Crippen molar-refractivity contribution in [1.29, 1.82) is 0 Å². The van der Waals surface area contributed by atoms with Crippen LogP contribution in [0.25, 0.3) is 0 Å². The minimum absolute atomic E-state index is 0. The average Bonchev–Trinajstić information content (AvgIpc) is 2.73. The van der Waals surface area contributed by atoms with Crippen molar-refractivity contribution in [3.63, 3.8) is 0 Å². The number of carbonyl (C=O) groups excluding carboxylic acids is 1. The quantitative estimate of drug-likeness (QED) is 0.461. The van der Waals surface area contributed by atoms with Crippen LogP contribution in [0.3, 0.4) is 0 Å². The van der Waals surface area contributed by atoms with Crippen molar-refractivity contribution in [2.75, 3.05) is 7.11 Å². The molecule has 0 fully saturated rings. The van der Waals surface area contributed by atoms with E-state index in [9.17, 15) is 0 Å². The van der Waals surface area contributed by atoms with Gasteiger partial charge in [0, 0.05) is 0 Å². The first-order valence-corrected chi connectivity index (χ1v) is 10.5. The van der Waals surface area contributed by atoms with Gasteiger partial charge in [-0.3, -0.25) is 4.79 Å². The highest BCUT2D eigenvalue weighted by Gasteiger charge is 1.89. The Labute approximate surface area is 163 Å². The maximum atomic E-state index is 8.95. The van der Waals surface area contributed by atoms with Gasteiger partial charge in [-0.2, -0.15) is 0 Å². The maximum absolute atomic E-state index is 8.95. The van der Waals surface area contributed by atoms with Gasteiger partial charge in [-0.1, -0.05) is 123 Å². The second-order valence-corrected chi connectivity index (χ2v) is 4.18. The Kier molecular flexibility index (Phi) is 179. The SMILES string of the molecule is CC.CC.CC.CC.CCC(C)CC.CCC(C)CC.COC=O.O. The standard InChI is InChI=1S/2C6H14.C2H4O2.4C2H6.H2O/c2*1-4-6(3)5-2;1-4-2-3;4*1-2;/h2*6H,4-5H2,1-3H3;2H,1H3;4*1-2H3;1H2. The molecule has 0 radical (unpaired) electrons. The summed E-state index contributed by atoms with van der Waals surface area (Å²) in [6, 6.07) is 0. The fraction of sp³-hybridized carbons (Fsp3) is 0.955. The molecule has 0 aliphatic rings. The molecule has 0 atom stereocenters. The first kappa shape index (κ1) is 49.7. The molecule has 0 aliphatic carbocycles. The summed E-state index contributed by atoms with van der Waals surface area (Å²) in [7, 11) is 1.31. The number of hydrogen-bond donors (Lipinski definition) is 0. The molecule has 0 spiro atoms. The van der Waals surface area contributed by atoms with Gasteiger partial charge in [0.25, 0.3) is 6.47 Å². The molecule has 0 bridgehead atoms. The summed E-state index contributed by atoms with van der Waals surface area (Å²) in [4.78, 5) is 8.95. The first-order chi connectivity index (χ1) is 11.5. The second kappa shape index (κ2) is 90.2. The van der Waals surface area contributed by atoms with Crippen LogP contribution in [0, 0.1) is 11.8 Å². The molecule has 0 saturated carbocycles. The Hall–Kier alpha value is -0.570. The Balaban J connectivity index is -0.0000000239. The molecule has 0 amide bonds. The summed E-state index contributed by atoms with van der Waals surface area (Å²) in [5.41, 5.74) is 0. The van der Waals surface area contributed by atoms with Crippen LogP contribution < -0.4 is 0 Å². The zero-order valence-electron chi connectivity index (χ0n) is 20.9. The van der Waals surface area contributed by atoms with Crippen LogP contribution in [0.1, 0.15) is 123 Å². The van der Waals surface area contributed by atoms with E-state index in [-0.39, 0.29) is 5.48 Å². The van der Waals surface area contributed by atoms with Crippen LogP contribution in [0.4, 0.5) is 0 Å². The van der Waals surface area contributed by atoms with E-state index in [2.05, 4.69) is 46.3 Å². The van der Waals surface area contributed by atoms with Crippen LogP contribution in [0.5, 0.6) is 0 Å². The van der Waals surface area contributed by atoms with Gasteiger partial charge >= 0.3 is 0 Å². The number of ether oxygens (including phenoxy) is 1. The van der Waals surface area contributed by atoms with Crippen molar-refractivity contribution >= 4 is 6.47 Å². The van der Waals surface area contributed by atoms with Crippen LogP contribution in [0.15, 0.2) is 0 Å². The van der Waals surface area contributed by atoms with Gasteiger partial charge in [-0.25, -0.2) is 0 Å². The van der Waals surface area contributed by atoms with E-state index in [0.29, 0.717) is 6.47 Å². The Bertz CT molecular complexity index is 99.8. The van der Waals surface area contributed by atoms with E-state index in [1.807, 2.05) is 55.4 Å². The molecule has 3 nitrogen and oxygen atoms in total. The molecule has 0 rings (SSSR count). The highest BCUT2D eigenvalue weighted by Crippen LogP contribution is 2.03. The topological polar surface area (TPSA) is 57.8 Å². The fourth-order valence-electron chi connectivity index (χ4n) is 0.577. The number of methoxy groups -OCH3 is 1. The average molecular weight is 371 g/mol. The smallest absolute Gasteiger partial charge is 0.292 e. The van der Waals surface area contributed by atoms with Gasteiger partial charge < -0.3 is 10.2 Å². The fourth-order valence-corrected chi connectivity index (χ4v) is 0.577. The van der Waals surface area contributed by atoms with Crippen molar-refractivity contribution in [2.45, 2.75) is 123 Å². The molecule has 2 N–H and O–H groups in total. The largest absolute Gasteiger partial charge is 0.471 e. The molecule has 0 aromatic heterocycles. The Morgan fingerprint density at radius 1 is 0.640 bits per heavy atom. The van der Waals surface area contributed by atoms with Crippen LogP contribution >= 0.6 is 0 Å². The van der Waals surface area contributed by atoms with Gasteiger partial charge in [0.2, 0.25) is 0 Å². The van der Waals surface area contributed by atoms with Crippen LogP contribution in [-0.2, 0) is 9.53 Å². The summed E-state index contributed by atoms with van der Waals surface area (Å²) in [6.45, 7) is 29.9. The second-order valence-electron chi connectivity index (χ2n) is 4.18. The predicted molar refractivity (Wildman–Crippen MR) is 122 cm³/mol. The van der Waals surface area contributed by atoms with E-state index >= 15 is 0 Å². The normalized spacial score (nSPS) is 6.60. The zero-order chi connectivity index (χ0) is 21.4. The van der Waals surface area contributed by atoms with Crippen molar-refractivity contribution < 1.29 is 15.0 Å². The summed E-state index contributed by atoms with van der Waals surface area (Å²) in [6.07, 6.45) is 5.32. The zero-order valence-corrected chi connectivity index (χ0v) is 20.9. The highest BCUT2D eigenvalue weighted by molar-refractivity contribution is 5.36. The van der Waals surface area contributed by atoms with Crippen molar-refractivity contribution in [2.24, 2.45) is 11.8 Å². The lowest BCUT2D eigenvalue weighted by atomic mass is 10.1. The van der Waals surface area contributed by atoms with Crippen molar-refractivity contribution in [3.05, 3.63) is 0 Å². The van der Waals surface area contributed by atoms with Gasteiger partial charge in [0.1, 0.15) is 0 Å². The van der Waals surface area contributed by atoms with E-state index in [1.165, 1.54) is 32.8 Å². The van der Waals surface area contributed by atoms with Crippen molar-refractivity contribution in [3.8, 4) is 0 Å². The van der Waals surface area contributed by atoms with E-state index in [1.54, 1.807) is 0 Å². The molecule has 0 heterocycles. The number of carbonyl (C=O) groups is 1. The highest BCUT2D eigenvalue weighted by atomic mass is 16.5. The molecule has 0 saturated heterocycles. The molecule has 0 aliphatic heterocycles. The molecule has 0 aromatic carbocycles. The van der Waals surface area contributed by atoms with Gasteiger partial charge in [-0.05, 0) is 11.8 Å². The van der Waals surface area contributed by atoms with E-state index in [4.69, 9.17) is 4.79 Å². The molecule has 164 valence electrons. The third kappa shape index (κ3) is 151. The minimum atomic E-state index is 0. The first-order valence-electron chi connectivity index (χ1n) is 10.5. The molecule has 0 unspecified atom stereocenters. The molecular weight excluding hydrogens is 312 g/mol. The predicted octanol–water partition coefficient (Wildman–Crippen LogP) is 7.95. The van der Waals surface area contributed by atoms with Crippen LogP contribution in [-0.4, -0.2) is 19.1 Å². The van der Waals surface area contributed by atoms with E-state index in [0.717, 1.165) is 11.8 Å². The van der Waals surface area contributed by atoms with Crippen molar-refractivity contribution in [1.82, 2.24) is 0 Å². The lowest BCUT2D eigenvalue weighted by Gasteiger charge is -1.98. The Morgan fingerprint density at radius 3 is 0.760 bits per heavy atom. The summed E-state index contributed by atoms with van der Waals surface area (Å²) in [5.74, 6) is 1.87. The minimum Gasteiger partial charge on any atom is -0.471 e. The lowest BCUT2D eigenvalue weighted by Crippen LogP contribution is -1.85. The summed E-state index contributed by atoms with van der Waals surface area (Å²) >= 11 is 0. The Morgan fingerprint density at radius 2 is 0.760 bits per heavy atom. The third-order valence-electron chi connectivity index (χ3n) is 2.88. The van der Waals surface area contributed by atoms with Crippen LogP contribution in [0.2, 0.25) is 0 Å². The monoisotopic (exact) mass is 370 g/mol. The number of rotatable bonds is 5. The van der Waals surface area contributed by atoms with Gasteiger partial charge in [0.15, 0.2) is 0 Å². The maximum Gasteiger partial charge on any atom is 0.292 e. The summed E-state index contributed by atoms with van der Waals surface area (Å²) in [5, 5.41) is 0. The third-order valence-corrected chi connectivity index (χ3v) is 2.88. The molecule has 25 heavy (non-hydrogen) atoms. The molecular formula is C22H58O3. The molecule has 3 heteroatoms. The van der Waals surface area contributed by atoms with Gasteiger partial charge in [0.05, 0.1) is 7.11 Å². The van der Waals surface area contributed by atoms with Gasteiger partial charge in [-0.15, -0.1) is 0 Å². The van der Waals surface area contributed by atoms with E-state index < -0.39 is 0 Å². The lowest BCUT2D eigenvalue weighted by molar-refractivity contribution is -0.126. The molecule has 0 aromatic rings. The number of hydrogen-bond acceptors (Lipinski definition) is 2. The summed E-state index contributed by atoms with van der Waals surface area (Å²) < 4.78 is 3.86.